The zero-order valence-electron chi connectivity index (χ0n) is 12.4. The Kier molecular flexibility index (Phi) is 4.36. The van der Waals surface area contributed by atoms with E-state index in [0.29, 0.717) is 6.61 Å². The van der Waals surface area contributed by atoms with Crippen molar-refractivity contribution in [2.24, 2.45) is 0 Å². The molecule has 1 aliphatic rings. The molecule has 1 aromatic heterocycles. The number of aromatic nitrogens is 1. The van der Waals surface area contributed by atoms with Crippen molar-refractivity contribution in [3.05, 3.63) is 53.9 Å². The predicted octanol–water partition coefficient (Wildman–Crippen LogP) is 2.38. The maximum atomic E-state index is 5.91. The van der Waals surface area contributed by atoms with Crippen molar-refractivity contribution < 1.29 is 4.74 Å². The average Bonchev–Trinajstić information content (AvgIpc) is 2.55. The molecule has 0 aliphatic carbocycles. The fourth-order valence-corrected chi connectivity index (χ4v) is 2.56. The number of rotatable bonds is 4. The number of ether oxygens (including phenoxy) is 1. The first kappa shape index (κ1) is 13.9. The molecule has 0 bridgehead atoms. The Morgan fingerprint density at radius 2 is 1.90 bits per heavy atom. The molecule has 1 fully saturated rings. The second kappa shape index (κ2) is 6.59. The summed E-state index contributed by atoms with van der Waals surface area (Å²) in [5, 5.41) is 3.38. The van der Waals surface area contributed by atoms with Crippen LogP contribution in [0.4, 0.5) is 5.69 Å². The van der Waals surface area contributed by atoms with E-state index in [4.69, 9.17) is 4.74 Å². The van der Waals surface area contributed by atoms with E-state index >= 15 is 0 Å². The van der Waals surface area contributed by atoms with Crippen molar-refractivity contribution in [3.8, 4) is 5.75 Å². The summed E-state index contributed by atoms with van der Waals surface area (Å²) in [6, 6.07) is 10.4. The first-order valence-corrected chi connectivity index (χ1v) is 7.41. The van der Waals surface area contributed by atoms with Crippen molar-refractivity contribution >= 4 is 5.69 Å². The second-order valence-electron chi connectivity index (χ2n) is 5.33. The highest BCUT2D eigenvalue weighted by Gasteiger charge is 2.11. The predicted molar refractivity (Wildman–Crippen MR) is 84.8 cm³/mol. The molecule has 0 atom stereocenters. The van der Waals surface area contributed by atoms with E-state index < -0.39 is 0 Å². The monoisotopic (exact) mass is 283 g/mol. The molecule has 0 radical (unpaired) electrons. The Hall–Kier alpha value is -2.07. The highest BCUT2D eigenvalue weighted by Crippen LogP contribution is 2.25. The lowest BCUT2D eigenvalue weighted by Gasteiger charge is -2.29. The van der Waals surface area contributed by atoms with Gasteiger partial charge in [-0.05, 0) is 48.4 Å². The van der Waals surface area contributed by atoms with Gasteiger partial charge in [0.25, 0.3) is 0 Å². The van der Waals surface area contributed by atoms with Crippen LogP contribution in [0.1, 0.15) is 11.1 Å². The van der Waals surface area contributed by atoms with Crippen molar-refractivity contribution in [2.75, 3.05) is 31.1 Å². The van der Waals surface area contributed by atoms with Crippen LogP contribution in [0, 0.1) is 6.92 Å². The lowest BCUT2D eigenvalue weighted by molar-refractivity contribution is 0.304. The molecule has 1 aliphatic heterocycles. The largest absolute Gasteiger partial charge is 0.489 e. The second-order valence-corrected chi connectivity index (χ2v) is 5.33. The maximum Gasteiger partial charge on any atom is 0.122 e. The highest BCUT2D eigenvalue weighted by molar-refractivity contribution is 5.53. The van der Waals surface area contributed by atoms with Gasteiger partial charge in [-0.25, -0.2) is 0 Å². The van der Waals surface area contributed by atoms with Crippen molar-refractivity contribution in [3.63, 3.8) is 0 Å². The number of anilines is 1. The standard InChI is InChI=1S/C17H21N3O/c1-14-12-16(20-10-8-19-9-11-20)2-3-17(14)21-13-15-4-6-18-7-5-15/h2-7,12,19H,8-11,13H2,1H3. The molecule has 110 valence electrons. The minimum atomic E-state index is 0.580. The van der Waals surface area contributed by atoms with Crippen LogP contribution in [0.5, 0.6) is 5.75 Å². The Morgan fingerprint density at radius 1 is 1.14 bits per heavy atom. The molecular formula is C17H21N3O. The lowest BCUT2D eigenvalue weighted by atomic mass is 10.1. The molecule has 4 heteroatoms. The Balaban J connectivity index is 1.66. The third-order valence-electron chi connectivity index (χ3n) is 3.78. The Bertz CT molecular complexity index is 580. The van der Waals surface area contributed by atoms with Crippen LogP contribution < -0.4 is 15.0 Å². The molecule has 2 aromatic rings. The van der Waals surface area contributed by atoms with Gasteiger partial charge in [-0.3, -0.25) is 4.98 Å². The van der Waals surface area contributed by atoms with Crippen LogP contribution in [-0.2, 0) is 6.61 Å². The van der Waals surface area contributed by atoms with E-state index in [1.54, 1.807) is 12.4 Å². The first-order valence-electron chi connectivity index (χ1n) is 7.41. The van der Waals surface area contributed by atoms with Gasteiger partial charge in [-0.2, -0.15) is 0 Å². The van der Waals surface area contributed by atoms with Crippen LogP contribution in [0.2, 0.25) is 0 Å². The number of pyridine rings is 1. The molecule has 0 spiro atoms. The lowest BCUT2D eigenvalue weighted by Crippen LogP contribution is -2.43. The smallest absolute Gasteiger partial charge is 0.122 e. The van der Waals surface area contributed by atoms with Gasteiger partial charge < -0.3 is 15.0 Å². The number of benzene rings is 1. The molecule has 2 heterocycles. The highest BCUT2D eigenvalue weighted by atomic mass is 16.5. The van der Waals surface area contributed by atoms with Gasteiger partial charge in [0.2, 0.25) is 0 Å². The van der Waals surface area contributed by atoms with E-state index in [-0.39, 0.29) is 0 Å². The summed E-state index contributed by atoms with van der Waals surface area (Å²) in [5.41, 5.74) is 3.60. The fourth-order valence-electron chi connectivity index (χ4n) is 2.56. The number of nitrogens with one attached hydrogen (secondary N) is 1. The van der Waals surface area contributed by atoms with Gasteiger partial charge in [0, 0.05) is 44.3 Å². The zero-order chi connectivity index (χ0) is 14.5. The zero-order valence-corrected chi connectivity index (χ0v) is 12.4. The van der Waals surface area contributed by atoms with Crippen molar-refractivity contribution in [1.82, 2.24) is 10.3 Å². The molecule has 3 rings (SSSR count). The molecule has 0 amide bonds. The van der Waals surface area contributed by atoms with Gasteiger partial charge in [0.15, 0.2) is 0 Å². The van der Waals surface area contributed by atoms with Crippen LogP contribution in [0.25, 0.3) is 0 Å². The summed E-state index contributed by atoms with van der Waals surface area (Å²) in [5.74, 6) is 0.950. The Morgan fingerprint density at radius 3 is 2.62 bits per heavy atom. The number of piperazine rings is 1. The van der Waals surface area contributed by atoms with E-state index in [0.717, 1.165) is 37.5 Å². The van der Waals surface area contributed by atoms with E-state index in [1.807, 2.05) is 12.1 Å². The van der Waals surface area contributed by atoms with Gasteiger partial charge in [-0.15, -0.1) is 0 Å². The summed E-state index contributed by atoms with van der Waals surface area (Å²) in [4.78, 5) is 6.43. The van der Waals surface area contributed by atoms with Gasteiger partial charge in [0.1, 0.15) is 12.4 Å². The molecule has 0 unspecified atom stereocenters. The molecular weight excluding hydrogens is 262 g/mol. The van der Waals surface area contributed by atoms with E-state index in [1.165, 1.54) is 11.3 Å². The summed E-state index contributed by atoms with van der Waals surface area (Å²) < 4.78 is 5.91. The maximum absolute atomic E-state index is 5.91. The number of hydrogen-bond donors (Lipinski definition) is 1. The average molecular weight is 283 g/mol. The number of nitrogens with zero attached hydrogens (tertiary/aromatic N) is 2. The quantitative estimate of drug-likeness (QED) is 0.935. The van der Waals surface area contributed by atoms with Crippen LogP contribution in [0.3, 0.4) is 0 Å². The first-order chi connectivity index (χ1) is 10.3. The molecule has 0 saturated carbocycles. The molecule has 1 aromatic carbocycles. The third kappa shape index (κ3) is 3.52. The molecule has 21 heavy (non-hydrogen) atoms. The fraction of sp³-hybridized carbons (Fsp3) is 0.353. The normalized spacial score (nSPS) is 15.0. The molecule has 4 nitrogen and oxygen atoms in total. The number of hydrogen-bond acceptors (Lipinski definition) is 4. The minimum absolute atomic E-state index is 0.580. The van der Waals surface area contributed by atoms with E-state index in [2.05, 4.69) is 40.3 Å². The summed E-state index contributed by atoms with van der Waals surface area (Å²) in [6.45, 7) is 6.93. The van der Waals surface area contributed by atoms with Crippen molar-refractivity contribution in [2.45, 2.75) is 13.5 Å². The van der Waals surface area contributed by atoms with Gasteiger partial charge >= 0.3 is 0 Å². The SMILES string of the molecule is Cc1cc(N2CCNCC2)ccc1OCc1ccncc1. The minimum Gasteiger partial charge on any atom is -0.489 e. The molecule has 1 saturated heterocycles. The third-order valence-corrected chi connectivity index (χ3v) is 3.78. The summed E-state index contributed by atoms with van der Waals surface area (Å²) in [7, 11) is 0. The summed E-state index contributed by atoms with van der Waals surface area (Å²) >= 11 is 0. The van der Waals surface area contributed by atoms with Crippen molar-refractivity contribution in [1.29, 1.82) is 0 Å². The van der Waals surface area contributed by atoms with Crippen LogP contribution in [0.15, 0.2) is 42.7 Å². The number of aryl methyl sites for hydroxylation is 1. The van der Waals surface area contributed by atoms with Crippen LogP contribution in [-0.4, -0.2) is 31.2 Å². The van der Waals surface area contributed by atoms with Gasteiger partial charge in [-0.1, -0.05) is 0 Å². The Labute approximate surface area is 125 Å². The van der Waals surface area contributed by atoms with Crippen LogP contribution >= 0.6 is 0 Å². The topological polar surface area (TPSA) is 37.4 Å². The van der Waals surface area contributed by atoms with E-state index in [9.17, 15) is 0 Å². The molecule has 1 N–H and O–H groups in total. The summed E-state index contributed by atoms with van der Waals surface area (Å²) in [6.07, 6.45) is 3.58. The van der Waals surface area contributed by atoms with Gasteiger partial charge in [0.05, 0.1) is 0 Å².